The quantitative estimate of drug-likeness (QED) is 0.822. The molecular formula is C16H16BrN3O. The van der Waals surface area contributed by atoms with E-state index in [4.69, 9.17) is 11.5 Å². The monoisotopic (exact) mass is 345 g/mol. The summed E-state index contributed by atoms with van der Waals surface area (Å²) in [6.07, 6.45) is 0.986. The molecule has 1 amide bonds. The first-order valence-corrected chi connectivity index (χ1v) is 7.55. The second-order valence-corrected chi connectivity index (χ2v) is 6.08. The van der Waals surface area contributed by atoms with Crippen LogP contribution in [0.25, 0.3) is 0 Å². The third-order valence-corrected chi connectivity index (χ3v) is 4.45. The number of rotatable bonds is 2. The maximum Gasteiger partial charge on any atom is 0.248 e. The summed E-state index contributed by atoms with van der Waals surface area (Å²) in [6.45, 7) is 1.75. The molecule has 2 aromatic carbocycles. The molecule has 0 spiro atoms. The fourth-order valence-electron chi connectivity index (χ4n) is 2.70. The van der Waals surface area contributed by atoms with Gasteiger partial charge in [-0.25, -0.2) is 0 Å². The highest BCUT2D eigenvalue weighted by Crippen LogP contribution is 2.32. The van der Waals surface area contributed by atoms with E-state index in [9.17, 15) is 4.79 Å². The Labute approximate surface area is 131 Å². The van der Waals surface area contributed by atoms with Gasteiger partial charge >= 0.3 is 0 Å². The molecule has 0 unspecified atom stereocenters. The Kier molecular flexibility index (Phi) is 3.59. The first-order chi connectivity index (χ1) is 10.0. The van der Waals surface area contributed by atoms with Crippen LogP contribution >= 0.6 is 15.9 Å². The van der Waals surface area contributed by atoms with Crippen molar-refractivity contribution in [3.8, 4) is 0 Å². The van der Waals surface area contributed by atoms with Crippen molar-refractivity contribution in [2.24, 2.45) is 5.73 Å². The highest BCUT2D eigenvalue weighted by molar-refractivity contribution is 9.10. The van der Waals surface area contributed by atoms with Gasteiger partial charge in [-0.15, -0.1) is 0 Å². The van der Waals surface area contributed by atoms with E-state index < -0.39 is 5.91 Å². The topological polar surface area (TPSA) is 72.4 Å². The molecule has 3 rings (SSSR count). The van der Waals surface area contributed by atoms with E-state index in [2.05, 4.69) is 26.9 Å². The van der Waals surface area contributed by atoms with Crippen molar-refractivity contribution >= 4 is 33.2 Å². The average Bonchev–Trinajstić information content (AvgIpc) is 2.46. The molecule has 0 saturated heterocycles. The molecule has 0 atom stereocenters. The number of nitrogen functional groups attached to an aromatic ring is 1. The van der Waals surface area contributed by atoms with Crippen molar-refractivity contribution in [1.82, 2.24) is 0 Å². The molecule has 21 heavy (non-hydrogen) atoms. The van der Waals surface area contributed by atoms with Crippen LogP contribution in [0.2, 0.25) is 0 Å². The molecule has 5 heteroatoms. The molecule has 0 saturated carbocycles. The van der Waals surface area contributed by atoms with Crippen molar-refractivity contribution in [1.29, 1.82) is 0 Å². The van der Waals surface area contributed by atoms with E-state index in [1.807, 2.05) is 18.2 Å². The van der Waals surface area contributed by atoms with E-state index in [1.165, 1.54) is 11.1 Å². The molecule has 4 N–H and O–H groups in total. The third kappa shape index (κ3) is 2.74. The van der Waals surface area contributed by atoms with Crippen LogP contribution in [-0.2, 0) is 13.0 Å². The van der Waals surface area contributed by atoms with Gasteiger partial charge in [0.25, 0.3) is 0 Å². The minimum atomic E-state index is -0.418. The van der Waals surface area contributed by atoms with Gasteiger partial charge in [0.05, 0.1) is 5.69 Å². The van der Waals surface area contributed by atoms with Crippen molar-refractivity contribution in [2.75, 3.05) is 17.2 Å². The lowest BCUT2D eigenvalue weighted by molar-refractivity contribution is 0.100. The summed E-state index contributed by atoms with van der Waals surface area (Å²) < 4.78 is 0.881. The number of hydrogen-bond donors (Lipinski definition) is 2. The molecule has 1 heterocycles. The number of nitrogens with zero attached hydrogens (tertiary/aromatic N) is 1. The van der Waals surface area contributed by atoms with Gasteiger partial charge in [0, 0.05) is 28.8 Å². The van der Waals surface area contributed by atoms with Gasteiger partial charge in [0.2, 0.25) is 5.91 Å². The molecule has 0 aromatic heterocycles. The van der Waals surface area contributed by atoms with Gasteiger partial charge in [-0.05, 0) is 63.8 Å². The highest BCUT2D eigenvalue weighted by Gasteiger charge is 2.19. The fraction of sp³-hybridized carbons (Fsp3) is 0.188. The standard InChI is InChI=1S/C16H16BrN3O/c17-14-8-11(16(19)21)2-4-15(14)20-6-5-10-1-3-13(18)7-12(10)9-20/h1-4,7-8H,5-6,9,18H2,(H2,19,21). The van der Waals surface area contributed by atoms with Crippen molar-refractivity contribution in [3.05, 3.63) is 57.6 Å². The van der Waals surface area contributed by atoms with E-state index in [-0.39, 0.29) is 0 Å². The number of amides is 1. The van der Waals surface area contributed by atoms with Crippen LogP contribution in [-0.4, -0.2) is 12.5 Å². The Hall–Kier alpha value is -2.01. The first-order valence-electron chi connectivity index (χ1n) is 6.76. The number of benzene rings is 2. The maximum atomic E-state index is 11.2. The summed E-state index contributed by atoms with van der Waals surface area (Å²) in [5, 5.41) is 0. The lowest BCUT2D eigenvalue weighted by Gasteiger charge is -2.31. The molecule has 1 aliphatic heterocycles. The van der Waals surface area contributed by atoms with Gasteiger partial charge in [-0.1, -0.05) is 6.07 Å². The molecule has 0 radical (unpaired) electrons. The number of halogens is 1. The number of carbonyl (C=O) groups excluding carboxylic acids is 1. The number of fused-ring (bicyclic) bond motifs is 1. The van der Waals surface area contributed by atoms with Crippen LogP contribution in [0.15, 0.2) is 40.9 Å². The number of anilines is 2. The first kappa shape index (κ1) is 13.9. The Morgan fingerprint density at radius 1 is 1.14 bits per heavy atom. The van der Waals surface area contributed by atoms with Crippen LogP contribution in [0.5, 0.6) is 0 Å². The summed E-state index contributed by atoms with van der Waals surface area (Å²) in [5.41, 5.74) is 16.1. The predicted molar refractivity (Wildman–Crippen MR) is 88.3 cm³/mol. The Morgan fingerprint density at radius 2 is 1.95 bits per heavy atom. The summed E-state index contributed by atoms with van der Waals surface area (Å²) in [6, 6.07) is 11.6. The third-order valence-electron chi connectivity index (χ3n) is 3.82. The van der Waals surface area contributed by atoms with Crippen LogP contribution in [0, 0.1) is 0 Å². The van der Waals surface area contributed by atoms with E-state index in [0.29, 0.717) is 5.56 Å². The number of carbonyl (C=O) groups is 1. The molecule has 0 aliphatic carbocycles. The lowest BCUT2D eigenvalue weighted by atomic mass is 9.98. The molecule has 108 valence electrons. The number of hydrogen-bond acceptors (Lipinski definition) is 3. The summed E-state index contributed by atoms with van der Waals surface area (Å²) >= 11 is 3.53. The largest absolute Gasteiger partial charge is 0.399 e. The van der Waals surface area contributed by atoms with Gasteiger partial charge < -0.3 is 16.4 Å². The Balaban J connectivity index is 1.91. The normalized spacial score (nSPS) is 13.9. The summed E-state index contributed by atoms with van der Waals surface area (Å²) in [7, 11) is 0. The van der Waals surface area contributed by atoms with Crippen LogP contribution in [0.4, 0.5) is 11.4 Å². The highest BCUT2D eigenvalue weighted by atomic mass is 79.9. The minimum absolute atomic E-state index is 0.418. The molecule has 0 bridgehead atoms. The minimum Gasteiger partial charge on any atom is -0.399 e. The number of nitrogens with two attached hydrogens (primary N) is 2. The maximum absolute atomic E-state index is 11.2. The fourth-order valence-corrected chi connectivity index (χ4v) is 3.33. The van der Waals surface area contributed by atoms with Crippen molar-refractivity contribution in [2.45, 2.75) is 13.0 Å². The second kappa shape index (κ2) is 5.41. The summed E-state index contributed by atoms with van der Waals surface area (Å²) in [5.74, 6) is -0.418. The SMILES string of the molecule is NC(=O)c1ccc(N2CCc3ccc(N)cc3C2)c(Br)c1. The molecule has 1 aliphatic rings. The van der Waals surface area contributed by atoms with E-state index >= 15 is 0 Å². The predicted octanol–water partition coefficient (Wildman–Crippen LogP) is 2.69. The average molecular weight is 346 g/mol. The van der Waals surface area contributed by atoms with Gasteiger partial charge in [0.15, 0.2) is 0 Å². The molecule has 0 fully saturated rings. The zero-order valence-electron chi connectivity index (χ0n) is 11.5. The van der Waals surface area contributed by atoms with Gasteiger partial charge in [-0.2, -0.15) is 0 Å². The van der Waals surface area contributed by atoms with Crippen LogP contribution in [0.3, 0.4) is 0 Å². The summed E-state index contributed by atoms with van der Waals surface area (Å²) in [4.78, 5) is 13.5. The molecular weight excluding hydrogens is 330 g/mol. The second-order valence-electron chi connectivity index (χ2n) is 5.23. The van der Waals surface area contributed by atoms with Crippen molar-refractivity contribution < 1.29 is 4.79 Å². The van der Waals surface area contributed by atoms with Crippen molar-refractivity contribution in [3.63, 3.8) is 0 Å². The van der Waals surface area contributed by atoms with Gasteiger partial charge in [0.1, 0.15) is 0 Å². The van der Waals surface area contributed by atoms with E-state index in [1.54, 1.807) is 12.1 Å². The smallest absolute Gasteiger partial charge is 0.248 e. The Morgan fingerprint density at radius 3 is 2.67 bits per heavy atom. The number of primary amides is 1. The van der Waals surface area contributed by atoms with E-state index in [0.717, 1.165) is 35.4 Å². The molecule has 2 aromatic rings. The van der Waals surface area contributed by atoms with Crippen LogP contribution < -0.4 is 16.4 Å². The lowest BCUT2D eigenvalue weighted by Crippen LogP contribution is -2.30. The van der Waals surface area contributed by atoms with Gasteiger partial charge in [-0.3, -0.25) is 4.79 Å². The molecule has 4 nitrogen and oxygen atoms in total. The zero-order valence-corrected chi connectivity index (χ0v) is 13.1. The van der Waals surface area contributed by atoms with Crippen LogP contribution in [0.1, 0.15) is 21.5 Å². The Bertz CT molecular complexity index is 715. The zero-order chi connectivity index (χ0) is 15.0.